The number of hydrogen-bond donors (Lipinski definition) is 1. The molecule has 0 radical (unpaired) electrons. The van der Waals surface area contributed by atoms with Crippen LogP contribution in [0.5, 0.6) is 0 Å². The van der Waals surface area contributed by atoms with E-state index in [0.717, 1.165) is 0 Å². The minimum atomic E-state index is 0.393. The molecule has 0 atom stereocenters. The van der Waals surface area contributed by atoms with Gasteiger partial charge in [-0.2, -0.15) is 5.26 Å². The van der Waals surface area contributed by atoms with Crippen molar-refractivity contribution in [2.24, 2.45) is 0 Å². The van der Waals surface area contributed by atoms with Crippen LogP contribution in [0.3, 0.4) is 0 Å². The lowest BCUT2D eigenvalue weighted by molar-refractivity contribution is 1.48. The minimum absolute atomic E-state index is 0.393. The Labute approximate surface area is 59.3 Å². The van der Waals surface area contributed by atoms with E-state index in [0.29, 0.717) is 11.3 Å². The number of rotatable bonds is 0. The Morgan fingerprint density at radius 2 is 2.10 bits per heavy atom. The first kappa shape index (κ1) is 6.50. The Bertz CT molecular complexity index is 274. The van der Waals surface area contributed by atoms with Crippen LogP contribution in [0.4, 0.5) is 0 Å². The Morgan fingerprint density at radius 3 is 2.70 bits per heavy atom. The van der Waals surface area contributed by atoms with Crippen LogP contribution in [-0.2, 0) is 0 Å². The summed E-state index contributed by atoms with van der Waals surface area (Å²) in [6.45, 7) is 0. The summed E-state index contributed by atoms with van der Waals surface area (Å²) >= 11 is 0. The highest BCUT2D eigenvalue weighted by Gasteiger charge is 1.98. The highest BCUT2D eigenvalue weighted by Crippen LogP contribution is 2.05. The summed E-state index contributed by atoms with van der Waals surface area (Å²) < 4.78 is 0. The fraction of sp³-hybridized carbons (Fsp3) is 0. The summed E-state index contributed by atoms with van der Waals surface area (Å²) in [6, 6.07) is 1.88. The molecule has 0 heterocycles. The molecule has 0 bridgehead atoms. The maximum absolute atomic E-state index is 8.26. The van der Waals surface area contributed by atoms with Crippen LogP contribution < -0.4 is 0 Å². The second-order valence-electron chi connectivity index (χ2n) is 1.86. The van der Waals surface area contributed by atoms with Crippen LogP contribution >= 0.6 is 0 Å². The van der Waals surface area contributed by atoms with Crippen molar-refractivity contribution >= 4 is 5.71 Å². The number of allylic oxidation sites excluding steroid dienone is 6. The molecule has 0 aromatic carbocycles. The van der Waals surface area contributed by atoms with Crippen LogP contribution in [0.25, 0.3) is 0 Å². The van der Waals surface area contributed by atoms with E-state index < -0.39 is 0 Å². The van der Waals surface area contributed by atoms with Crippen molar-refractivity contribution in [1.29, 1.82) is 10.7 Å². The molecule has 0 aromatic heterocycles. The summed E-state index contributed by atoms with van der Waals surface area (Å²) in [5, 5.41) is 15.5. The van der Waals surface area contributed by atoms with Gasteiger partial charge in [-0.3, -0.25) is 0 Å². The van der Waals surface area contributed by atoms with Crippen molar-refractivity contribution < 1.29 is 0 Å². The normalized spacial score (nSPS) is 19.5. The van der Waals surface area contributed by atoms with E-state index in [4.69, 9.17) is 10.7 Å². The van der Waals surface area contributed by atoms with Gasteiger partial charge >= 0.3 is 0 Å². The number of nitrogens with zero attached hydrogens (tertiary/aromatic N) is 1. The molecule has 0 saturated heterocycles. The molecule has 0 spiro atoms. The van der Waals surface area contributed by atoms with E-state index in [1.165, 1.54) is 6.08 Å². The molecule has 0 aliphatic heterocycles. The van der Waals surface area contributed by atoms with Gasteiger partial charge in [0.2, 0.25) is 0 Å². The lowest BCUT2D eigenvalue weighted by atomic mass is 10.1. The smallest absolute Gasteiger partial charge is 0.0919 e. The molecule has 1 aliphatic rings. The predicted molar refractivity (Wildman–Crippen MR) is 39.7 cm³/mol. The first-order valence-corrected chi connectivity index (χ1v) is 2.88. The Hall–Kier alpha value is -1.62. The molecular weight excluding hydrogens is 124 g/mol. The van der Waals surface area contributed by atoms with Gasteiger partial charge in [0.15, 0.2) is 0 Å². The van der Waals surface area contributed by atoms with E-state index in [1.54, 1.807) is 24.3 Å². The van der Waals surface area contributed by atoms with Crippen LogP contribution in [0.15, 0.2) is 36.0 Å². The van der Waals surface area contributed by atoms with Crippen molar-refractivity contribution in [2.75, 3.05) is 0 Å². The van der Waals surface area contributed by atoms with Gasteiger partial charge in [-0.05, 0) is 6.08 Å². The zero-order valence-corrected chi connectivity index (χ0v) is 5.33. The second-order valence-corrected chi connectivity index (χ2v) is 1.86. The molecule has 1 aliphatic carbocycles. The summed E-state index contributed by atoms with van der Waals surface area (Å²) in [6.07, 6.45) is 8.34. The fourth-order valence-electron chi connectivity index (χ4n) is 0.692. The van der Waals surface area contributed by atoms with Crippen molar-refractivity contribution in [2.45, 2.75) is 0 Å². The molecule has 0 amide bonds. The Kier molecular flexibility index (Phi) is 1.81. The van der Waals surface area contributed by atoms with Gasteiger partial charge in [-0.25, -0.2) is 0 Å². The Morgan fingerprint density at radius 1 is 1.40 bits per heavy atom. The predicted octanol–water partition coefficient (Wildman–Crippen LogP) is 1.58. The third-order valence-electron chi connectivity index (χ3n) is 1.18. The van der Waals surface area contributed by atoms with E-state index in [-0.39, 0.29) is 0 Å². The zero-order valence-electron chi connectivity index (χ0n) is 5.33. The molecule has 2 nitrogen and oxygen atoms in total. The third kappa shape index (κ3) is 1.20. The lowest BCUT2D eigenvalue weighted by Gasteiger charge is -1.99. The number of hydrogen-bond acceptors (Lipinski definition) is 2. The molecule has 1 N–H and O–H groups in total. The topological polar surface area (TPSA) is 47.6 Å². The molecule has 10 heavy (non-hydrogen) atoms. The molecule has 1 rings (SSSR count). The quantitative estimate of drug-likeness (QED) is 0.497. The van der Waals surface area contributed by atoms with Crippen LogP contribution in [0.2, 0.25) is 0 Å². The zero-order chi connectivity index (χ0) is 7.40. The summed E-state index contributed by atoms with van der Waals surface area (Å²) in [5.41, 5.74) is 1.06. The second kappa shape index (κ2) is 2.79. The van der Waals surface area contributed by atoms with Gasteiger partial charge in [0.05, 0.1) is 11.8 Å². The SMILES string of the molecule is N#C/C=C1\C=CC=CC1=N. The van der Waals surface area contributed by atoms with Gasteiger partial charge < -0.3 is 5.41 Å². The van der Waals surface area contributed by atoms with Gasteiger partial charge in [-0.15, -0.1) is 0 Å². The van der Waals surface area contributed by atoms with Crippen LogP contribution in [0.1, 0.15) is 0 Å². The molecule has 0 aromatic rings. The van der Waals surface area contributed by atoms with Crippen LogP contribution in [-0.4, -0.2) is 5.71 Å². The summed E-state index contributed by atoms with van der Waals surface area (Å²) in [5.74, 6) is 0. The monoisotopic (exact) mass is 130 g/mol. The molecule has 0 saturated carbocycles. The average molecular weight is 130 g/mol. The summed E-state index contributed by atoms with van der Waals surface area (Å²) in [7, 11) is 0. The van der Waals surface area contributed by atoms with Gasteiger partial charge in [0.25, 0.3) is 0 Å². The van der Waals surface area contributed by atoms with E-state index in [9.17, 15) is 0 Å². The van der Waals surface area contributed by atoms with Crippen molar-refractivity contribution in [3.8, 4) is 6.07 Å². The number of nitrogens with one attached hydrogen (secondary N) is 1. The molecule has 2 heteroatoms. The largest absolute Gasteiger partial charge is 0.300 e. The molecule has 48 valence electrons. The molecule has 0 unspecified atom stereocenters. The van der Waals surface area contributed by atoms with Gasteiger partial charge in [-0.1, -0.05) is 18.2 Å². The maximum Gasteiger partial charge on any atom is 0.0919 e. The van der Waals surface area contributed by atoms with Gasteiger partial charge in [0.1, 0.15) is 0 Å². The first-order valence-electron chi connectivity index (χ1n) is 2.88. The average Bonchev–Trinajstić information content (AvgIpc) is 1.94. The fourth-order valence-corrected chi connectivity index (χ4v) is 0.692. The van der Waals surface area contributed by atoms with Crippen molar-refractivity contribution in [1.82, 2.24) is 0 Å². The standard InChI is InChI=1S/C8H6N2/c9-6-5-7-3-1-2-4-8(7)10/h1-5,10H/b7-5+,10-8?. The van der Waals surface area contributed by atoms with Crippen LogP contribution in [0, 0.1) is 16.7 Å². The highest BCUT2D eigenvalue weighted by molar-refractivity contribution is 6.09. The van der Waals surface area contributed by atoms with Crippen molar-refractivity contribution in [3.05, 3.63) is 36.0 Å². The first-order chi connectivity index (χ1) is 4.84. The van der Waals surface area contributed by atoms with Crippen molar-refractivity contribution in [3.63, 3.8) is 0 Å². The molecule has 0 fully saturated rings. The Balaban J connectivity index is 2.93. The minimum Gasteiger partial charge on any atom is -0.300 e. The van der Waals surface area contributed by atoms with Gasteiger partial charge in [0, 0.05) is 11.6 Å². The highest BCUT2D eigenvalue weighted by atomic mass is 14.4. The third-order valence-corrected chi connectivity index (χ3v) is 1.18. The molecular formula is C8H6N2. The van der Waals surface area contributed by atoms with E-state index in [1.807, 2.05) is 6.07 Å². The summed E-state index contributed by atoms with van der Waals surface area (Å²) in [4.78, 5) is 0. The van der Waals surface area contributed by atoms with E-state index >= 15 is 0 Å². The maximum atomic E-state index is 8.26. The lowest BCUT2D eigenvalue weighted by Crippen LogP contribution is -1.96. The number of nitriles is 1. The van der Waals surface area contributed by atoms with E-state index in [2.05, 4.69) is 0 Å².